The van der Waals surface area contributed by atoms with Gasteiger partial charge in [0, 0.05) is 25.8 Å². The summed E-state index contributed by atoms with van der Waals surface area (Å²) in [6.07, 6.45) is 2.85. The topological polar surface area (TPSA) is 73.4 Å². The van der Waals surface area contributed by atoms with Crippen LogP contribution in [0.2, 0.25) is 5.15 Å². The Hall–Kier alpha value is -1.11. The lowest BCUT2D eigenvalue weighted by Crippen LogP contribution is -2.42. The van der Waals surface area contributed by atoms with Crippen LogP contribution >= 0.6 is 11.6 Å². The summed E-state index contributed by atoms with van der Waals surface area (Å²) in [6, 6.07) is 0. The highest BCUT2D eigenvalue weighted by Crippen LogP contribution is 2.33. The van der Waals surface area contributed by atoms with Crippen molar-refractivity contribution in [1.29, 1.82) is 0 Å². The predicted octanol–water partition coefficient (Wildman–Crippen LogP) is 1.48. The number of likely N-dealkylation sites (tertiary alicyclic amines) is 1. The van der Waals surface area contributed by atoms with E-state index in [0.717, 1.165) is 55.3 Å². The molecule has 6 nitrogen and oxygen atoms in total. The Morgan fingerprint density at radius 1 is 1.39 bits per heavy atom. The molecule has 1 amide bonds. The van der Waals surface area contributed by atoms with Crippen molar-refractivity contribution < 1.29 is 9.53 Å². The Bertz CT molecular complexity index is 581. The summed E-state index contributed by atoms with van der Waals surface area (Å²) in [7, 11) is 1.87. The van der Waals surface area contributed by atoms with E-state index in [2.05, 4.69) is 10.00 Å². The second-order valence-electron chi connectivity index (χ2n) is 6.72. The number of nitrogens with zero attached hydrogens (tertiary/aromatic N) is 3. The minimum absolute atomic E-state index is 0.0124. The predicted molar refractivity (Wildman–Crippen MR) is 88.0 cm³/mol. The Kier molecular flexibility index (Phi) is 4.94. The van der Waals surface area contributed by atoms with Crippen LogP contribution in [0.5, 0.6) is 0 Å². The van der Waals surface area contributed by atoms with Gasteiger partial charge in [0.25, 0.3) is 0 Å². The number of halogens is 1. The number of carbonyl (C=O) groups is 1. The van der Waals surface area contributed by atoms with Gasteiger partial charge in [-0.3, -0.25) is 14.4 Å². The number of hydrogen-bond acceptors (Lipinski definition) is 4. The van der Waals surface area contributed by atoms with Gasteiger partial charge < -0.3 is 10.5 Å². The molecule has 0 saturated carbocycles. The molecular formula is C16H25ClN4O2. The zero-order valence-electron chi connectivity index (χ0n) is 13.8. The number of piperidine rings is 1. The number of nitrogens with two attached hydrogens (primary N) is 1. The molecule has 2 fully saturated rings. The van der Waals surface area contributed by atoms with Crippen LogP contribution in [0.15, 0.2) is 0 Å². The van der Waals surface area contributed by atoms with Crippen molar-refractivity contribution in [3.05, 3.63) is 16.4 Å². The number of aryl methyl sites for hydroxylation is 2. The zero-order chi connectivity index (χ0) is 16.6. The van der Waals surface area contributed by atoms with E-state index in [1.807, 2.05) is 14.0 Å². The molecule has 2 atom stereocenters. The van der Waals surface area contributed by atoms with Crippen molar-refractivity contribution in [2.45, 2.75) is 38.8 Å². The summed E-state index contributed by atoms with van der Waals surface area (Å²) in [6.45, 7) is 5.46. The second-order valence-corrected chi connectivity index (χ2v) is 7.08. The molecule has 23 heavy (non-hydrogen) atoms. The Morgan fingerprint density at radius 2 is 2.09 bits per heavy atom. The van der Waals surface area contributed by atoms with Crippen LogP contribution in [-0.2, 0) is 23.1 Å². The third-order valence-electron chi connectivity index (χ3n) is 5.25. The highest BCUT2D eigenvalue weighted by molar-refractivity contribution is 6.30. The first kappa shape index (κ1) is 16.7. The molecule has 1 aromatic heterocycles. The summed E-state index contributed by atoms with van der Waals surface area (Å²) in [5, 5.41) is 5.09. The quantitative estimate of drug-likeness (QED) is 0.901. The summed E-state index contributed by atoms with van der Waals surface area (Å²) >= 11 is 6.32. The van der Waals surface area contributed by atoms with E-state index in [-0.39, 0.29) is 17.9 Å². The van der Waals surface area contributed by atoms with Crippen molar-refractivity contribution in [3.8, 4) is 0 Å². The van der Waals surface area contributed by atoms with E-state index < -0.39 is 0 Å². The first-order chi connectivity index (χ1) is 11.0. The first-order valence-corrected chi connectivity index (χ1v) is 8.66. The molecule has 0 aliphatic carbocycles. The third-order valence-corrected chi connectivity index (χ3v) is 5.72. The molecule has 7 heteroatoms. The van der Waals surface area contributed by atoms with E-state index in [4.69, 9.17) is 22.1 Å². The van der Waals surface area contributed by atoms with Gasteiger partial charge in [0.15, 0.2) is 0 Å². The van der Waals surface area contributed by atoms with Crippen LogP contribution in [0.4, 0.5) is 0 Å². The largest absolute Gasteiger partial charge is 0.377 e. The minimum Gasteiger partial charge on any atom is -0.377 e. The van der Waals surface area contributed by atoms with Gasteiger partial charge in [0.1, 0.15) is 5.15 Å². The van der Waals surface area contributed by atoms with Gasteiger partial charge in [-0.15, -0.1) is 0 Å². The molecule has 2 saturated heterocycles. The highest BCUT2D eigenvalue weighted by Gasteiger charge is 2.39. The lowest BCUT2D eigenvalue weighted by Gasteiger charge is -2.35. The normalized spacial score (nSPS) is 26.7. The number of amides is 1. The van der Waals surface area contributed by atoms with Crippen LogP contribution in [0.25, 0.3) is 0 Å². The Morgan fingerprint density at radius 3 is 2.65 bits per heavy atom. The molecule has 1 aromatic rings. The SMILES string of the molecule is Cc1nn(C)c(Cl)c1CN1CCC([C@H]2OCC[C@@H]2C(N)=O)CC1. The van der Waals surface area contributed by atoms with Crippen LogP contribution in [0, 0.1) is 18.8 Å². The van der Waals surface area contributed by atoms with E-state index >= 15 is 0 Å². The number of primary amides is 1. The monoisotopic (exact) mass is 340 g/mol. The molecule has 0 unspecified atom stereocenters. The molecule has 0 aromatic carbocycles. The Labute approximate surface area is 141 Å². The van der Waals surface area contributed by atoms with Gasteiger partial charge in [-0.05, 0) is 45.2 Å². The minimum atomic E-state index is -0.215. The summed E-state index contributed by atoms with van der Waals surface area (Å²) in [5.74, 6) is 0.103. The second kappa shape index (κ2) is 6.79. The average Bonchev–Trinajstić information content (AvgIpc) is 3.09. The molecule has 3 rings (SSSR count). The number of hydrogen-bond donors (Lipinski definition) is 1. The van der Waals surface area contributed by atoms with Gasteiger partial charge in [0.05, 0.1) is 17.7 Å². The molecule has 128 valence electrons. The Balaban J connectivity index is 1.57. The number of carbonyl (C=O) groups excluding carboxylic acids is 1. The lowest BCUT2D eigenvalue weighted by atomic mass is 9.84. The van der Waals surface area contributed by atoms with Gasteiger partial charge >= 0.3 is 0 Å². The van der Waals surface area contributed by atoms with Crippen molar-refractivity contribution in [3.63, 3.8) is 0 Å². The van der Waals surface area contributed by atoms with E-state index in [1.54, 1.807) is 4.68 Å². The van der Waals surface area contributed by atoms with Gasteiger partial charge in [-0.1, -0.05) is 11.6 Å². The molecule has 2 aliphatic rings. The van der Waals surface area contributed by atoms with Crippen molar-refractivity contribution in [2.24, 2.45) is 24.6 Å². The summed E-state index contributed by atoms with van der Waals surface area (Å²) < 4.78 is 7.53. The molecule has 3 heterocycles. The van der Waals surface area contributed by atoms with Crippen molar-refractivity contribution in [2.75, 3.05) is 19.7 Å². The standard InChI is InChI=1S/C16H25ClN4O2/c1-10-13(15(17)20(2)19-10)9-21-6-3-11(4-7-21)14-12(16(18)22)5-8-23-14/h11-12,14H,3-9H2,1-2H3,(H2,18,22)/t12-,14+/m0/s1. The fraction of sp³-hybridized carbons (Fsp3) is 0.750. The van der Waals surface area contributed by atoms with Crippen molar-refractivity contribution in [1.82, 2.24) is 14.7 Å². The van der Waals surface area contributed by atoms with Crippen LogP contribution in [0.1, 0.15) is 30.5 Å². The van der Waals surface area contributed by atoms with Crippen LogP contribution in [-0.4, -0.2) is 46.4 Å². The number of rotatable bonds is 4. The van der Waals surface area contributed by atoms with Gasteiger partial charge in [-0.2, -0.15) is 5.10 Å². The highest BCUT2D eigenvalue weighted by atomic mass is 35.5. The summed E-state index contributed by atoms with van der Waals surface area (Å²) in [5.41, 5.74) is 7.61. The fourth-order valence-electron chi connectivity index (χ4n) is 3.90. The summed E-state index contributed by atoms with van der Waals surface area (Å²) in [4.78, 5) is 13.9. The zero-order valence-corrected chi connectivity index (χ0v) is 14.6. The van der Waals surface area contributed by atoms with E-state index in [9.17, 15) is 4.79 Å². The number of aromatic nitrogens is 2. The molecule has 0 bridgehead atoms. The maximum Gasteiger partial charge on any atom is 0.223 e. The molecule has 0 spiro atoms. The lowest BCUT2D eigenvalue weighted by molar-refractivity contribution is -0.124. The van der Waals surface area contributed by atoms with Gasteiger partial charge in [0.2, 0.25) is 5.91 Å². The van der Waals surface area contributed by atoms with Crippen LogP contribution < -0.4 is 5.73 Å². The molecule has 2 N–H and O–H groups in total. The molecule has 2 aliphatic heterocycles. The number of ether oxygens (including phenoxy) is 1. The van der Waals surface area contributed by atoms with E-state index in [0.29, 0.717) is 12.5 Å². The fourth-order valence-corrected chi connectivity index (χ4v) is 4.13. The van der Waals surface area contributed by atoms with Crippen LogP contribution in [0.3, 0.4) is 0 Å². The van der Waals surface area contributed by atoms with Crippen molar-refractivity contribution >= 4 is 17.5 Å². The maximum absolute atomic E-state index is 11.5. The third kappa shape index (κ3) is 3.39. The first-order valence-electron chi connectivity index (χ1n) is 8.28. The molecular weight excluding hydrogens is 316 g/mol. The van der Waals surface area contributed by atoms with E-state index in [1.165, 1.54) is 0 Å². The van der Waals surface area contributed by atoms with Gasteiger partial charge in [-0.25, -0.2) is 0 Å². The smallest absolute Gasteiger partial charge is 0.223 e. The average molecular weight is 341 g/mol. The molecule has 0 radical (unpaired) electrons. The maximum atomic E-state index is 11.5.